The molecule has 0 amide bonds. The predicted octanol–water partition coefficient (Wildman–Crippen LogP) is 1.98. The van der Waals surface area contributed by atoms with Crippen LogP contribution < -0.4 is 5.56 Å². The van der Waals surface area contributed by atoms with Crippen LogP contribution in [0.1, 0.15) is 16.1 Å². The zero-order valence-corrected chi connectivity index (χ0v) is 11.2. The van der Waals surface area contributed by atoms with Gasteiger partial charge in [0.1, 0.15) is 10.2 Å². The quantitative estimate of drug-likeness (QED) is 0.664. The minimum absolute atomic E-state index is 0.00134. The molecular weight excluding hydrogens is 290 g/mol. The summed E-state index contributed by atoms with van der Waals surface area (Å²) in [6.45, 7) is 1.67. The summed E-state index contributed by atoms with van der Waals surface area (Å²) in [5.74, 6) is -1.12. The minimum Gasteiger partial charge on any atom is -0.478 e. The van der Waals surface area contributed by atoms with Gasteiger partial charge < -0.3 is 10.1 Å². The number of carboxylic acids is 1. The number of rotatable bonds is 3. The number of pyridine rings is 1. The first-order valence-electron chi connectivity index (χ1n) is 5.11. The summed E-state index contributed by atoms with van der Waals surface area (Å²) < 4.78 is 0. The summed E-state index contributed by atoms with van der Waals surface area (Å²) >= 11 is 6.68. The number of H-pyrrole nitrogens is 1. The van der Waals surface area contributed by atoms with E-state index in [0.29, 0.717) is 5.69 Å². The van der Waals surface area contributed by atoms with E-state index in [2.05, 4.69) is 15.0 Å². The monoisotopic (exact) mass is 297 g/mol. The molecule has 98 valence electrons. The molecule has 0 radical (unpaired) electrons. The van der Waals surface area contributed by atoms with Crippen molar-refractivity contribution < 1.29 is 9.90 Å². The molecule has 0 aromatic carbocycles. The molecule has 0 unspecified atom stereocenters. The van der Waals surface area contributed by atoms with Crippen LogP contribution in [0.2, 0.25) is 5.15 Å². The Hall–Kier alpha value is -1.86. The van der Waals surface area contributed by atoms with Crippen LogP contribution in [-0.2, 0) is 0 Å². The highest BCUT2D eigenvalue weighted by atomic mass is 35.5. The molecule has 0 saturated carbocycles. The predicted molar refractivity (Wildman–Crippen MR) is 69.9 cm³/mol. The number of nitrogens with zero attached hydrogens (tertiary/aromatic N) is 2. The fraction of sp³-hybridized carbons (Fsp3) is 0.0909. The second-order valence-corrected chi connectivity index (χ2v) is 4.95. The van der Waals surface area contributed by atoms with Gasteiger partial charge in [0.05, 0.1) is 5.56 Å². The number of aromatic nitrogens is 3. The standard InChI is InChI=1S/C11H8ClN3O3S/c1-5-4-8(16)15-11(13-5)19-9-6(10(17)18)2-3-7(12)14-9/h2-4H,1H3,(H,17,18)(H,13,15,16). The molecule has 6 nitrogen and oxygen atoms in total. The van der Waals surface area contributed by atoms with Gasteiger partial charge in [-0.25, -0.2) is 14.8 Å². The average molecular weight is 298 g/mol. The fourth-order valence-corrected chi connectivity index (χ4v) is 2.48. The van der Waals surface area contributed by atoms with E-state index in [1.165, 1.54) is 18.2 Å². The lowest BCUT2D eigenvalue weighted by atomic mass is 10.3. The van der Waals surface area contributed by atoms with E-state index in [9.17, 15) is 9.59 Å². The van der Waals surface area contributed by atoms with Gasteiger partial charge in [-0.2, -0.15) is 0 Å². The lowest BCUT2D eigenvalue weighted by molar-refractivity contribution is 0.0692. The summed E-state index contributed by atoms with van der Waals surface area (Å²) in [5.41, 5.74) is 0.220. The summed E-state index contributed by atoms with van der Waals surface area (Å²) in [5, 5.41) is 9.66. The second-order valence-electron chi connectivity index (χ2n) is 3.59. The smallest absolute Gasteiger partial charge is 0.338 e. The summed E-state index contributed by atoms with van der Waals surface area (Å²) in [6.07, 6.45) is 0. The van der Waals surface area contributed by atoms with Crippen molar-refractivity contribution in [3.05, 3.63) is 45.0 Å². The molecule has 0 fully saturated rings. The Balaban J connectivity index is 2.45. The van der Waals surface area contributed by atoms with Gasteiger partial charge >= 0.3 is 5.97 Å². The topological polar surface area (TPSA) is 95.9 Å². The van der Waals surface area contributed by atoms with Crippen molar-refractivity contribution in [2.75, 3.05) is 0 Å². The number of hydrogen-bond donors (Lipinski definition) is 2. The summed E-state index contributed by atoms with van der Waals surface area (Å²) in [7, 11) is 0. The highest BCUT2D eigenvalue weighted by molar-refractivity contribution is 7.99. The maximum Gasteiger partial charge on any atom is 0.338 e. The Morgan fingerprint density at radius 2 is 2.16 bits per heavy atom. The van der Waals surface area contributed by atoms with Crippen LogP contribution in [-0.4, -0.2) is 26.0 Å². The Labute approximate surface area is 116 Å². The molecule has 2 rings (SSSR count). The number of carboxylic acid groups (broad SMARTS) is 1. The van der Waals surface area contributed by atoms with Crippen molar-refractivity contribution >= 4 is 29.3 Å². The van der Waals surface area contributed by atoms with Gasteiger partial charge in [-0.1, -0.05) is 11.6 Å². The zero-order chi connectivity index (χ0) is 14.0. The van der Waals surface area contributed by atoms with E-state index < -0.39 is 5.97 Å². The second kappa shape index (κ2) is 5.41. The lowest BCUT2D eigenvalue weighted by Crippen LogP contribution is -2.09. The molecule has 2 aromatic rings. The molecule has 19 heavy (non-hydrogen) atoms. The van der Waals surface area contributed by atoms with Crippen LogP contribution in [0.15, 0.2) is 33.2 Å². The number of halogens is 1. The third kappa shape index (κ3) is 3.33. The molecule has 0 spiro atoms. The minimum atomic E-state index is -1.12. The van der Waals surface area contributed by atoms with Gasteiger partial charge in [0.2, 0.25) is 0 Å². The molecule has 2 N–H and O–H groups in total. The van der Waals surface area contributed by atoms with Crippen molar-refractivity contribution in [1.82, 2.24) is 15.0 Å². The average Bonchev–Trinajstić information content (AvgIpc) is 2.26. The first-order valence-corrected chi connectivity index (χ1v) is 6.31. The van der Waals surface area contributed by atoms with Gasteiger partial charge in [-0.15, -0.1) is 0 Å². The Kier molecular flexibility index (Phi) is 3.87. The van der Waals surface area contributed by atoms with Crippen molar-refractivity contribution in [1.29, 1.82) is 0 Å². The Morgan fingerprint density at radius 1 is 1.42 bits per heavy atom. The Bertz CT molecular complexity index is 702. The van der Waals surface area contributed by atoms with Gasteiger partial charge in [-0.3, -0.25) is 4.79 Å². The van der Waals surface area contributed by atoms with E-state index in [0.717, 1.165) is 11.8 Å². The van der Waals surface area contributed by atoms with E-state index in [1.54, 1.807) is 6.92 Å². The van der Waals surface area contributed by atoms with Crippen LogP contribution in [0.25, 0.3) is 0 Å². The molecule has 0 aliphatic carbocycles. The number of aryl methyl sites for hydroxylation is 1. The maximum absolute atomic E-state index is 11.3. The first-order chi connectivity index (χ1) is 8.95. The highest BCUT2D eigenvalue weighted by Crippen LogP contribution is 2.27. The van der Waals surface area contributed by atoms with Crippen LogP contribution in [0, 0.1) is 6.92 Å². The SMILES string of the molecule is Cc1cc(=O)[nH]c(Sc2nc(Cl)ccc2C(=O)O)n1. The molecule has 0 atom stereocenters. The van der Waals surface area contributed by atoms with Crippen molar-refractivity contribution in [2.45, 2.75) is 17.1 Å². The van der Waals surface area contributed by atoms with Crippen LogP contribution in [0.5, 0.6) is 0 Å². The molecule has 0 aliphatic heterocycles. The van der Waals surface area contributed by atoms with Gasteiger partial charge in [0, 0.05) is 11.8 Å². The summed E-state index contributed by atoms with van der Waals surface area (Å²) in [4.78, 5) is 32.9. The van der Waals surface area contributed by atoms with Crippen molar-refractivity contribution in [2.24, 2.45) is 0 Å². The number of aromatic amines is 1. The molecular formula is C11H8ClN3O3S. The molecule has 0 aliphatic rings. The largest absolute Gasteiger partial charge is 0.478 e. The van der Waals surface area contributed by atoms with Crippen molar-refractivity contribution in [3.63, 3.8) is 0 Å². The van der Waals surface area contributed by atoms with Gasteiger partial charge in [0.15, 0.2) is 5.16 Å². The van der Waals surface area contributed by atoms with Crippen LogP contribution in [0.3, 0.4) is 0 Å². The van der Waals surface area contributed by atoms with E-state index in [1.807, 2.05) is 0 Å². The molecule has 0 saturated heterocycles. The summed E-state index contributed by atoms with van der Waals surface area (Å²) in [6, 6.07) is 4.09. The van der Waals surface area contributed by atoms with E-state index in [4.69, 9.17) is 16.7 Å². The van der Waals surface area contributed by atoms with Gasteiger partial charge in [0.25, 0.3) is 5.56 Å². The molecule has 2 heterocycles. The van der Waals surface area contributed by atoms with Crippen LogP contribution in [0.4, 0.5) is 0 Å². The number of hydrogen-bond acceptors (Lipinski definition) is 5. The van der Waals surface area contributed by atoms with E-state index >= 15 is 0 Å². The Morgan fingerprint density at radius 3 is 2.79 bits per heavy atom. The number of aromatic carboxylic acids is 1. The van der Waals surface area contributed by atoms with Crippen LogP contribution >= 0.6 is 23.4 Å². The lowest BCUT2D eigenvalue weighted by Gasteiger charge is -2.04. The highest BCUT2D eigenvalue weighted by Gasteiger charge is 2.14. The molecule has 2 aromatic heterocycles. The third-order valence-electron chi connectivity index (χ3n) is 2.10. The zero-order valence-electron chi connectivity index (χ0n) is 9.68. The van der Waals surface area contributed by atoms with Gasteiger partial charge in [-0.05, 0) is 30.8 Å². The third-order valence-corrected chi connectivity index (χ3v) is 3.20. The number of nitrogens with one attached hydrogen (secondary N) is 1. The van der Waals surface area contributed by atoms with E-state index in [-0.39, 0.29) is 26.5 Å². The van der Waals surface area contributed by atoms with Crippen molar-refractivity contribution in [3.8, 4) is 0 Å². The molecule has 0 bridgehead atoms. The fourth-order valence-electron chi connectivity index (χ4n) is 1.35. The first kappa shape index (κ1) is 13.6. The maximum atomic E-state index is 11.3. The normalized spacial score (nSPS) is 10.4. The molecule has 8 heteroatoms. The number of carbonyl (C=O) groups is 1.